The molecule has 8 heteroatoms. The first kappa shape index (κ1) is 24.2. The second kappa shape index (κ2) is 9.84. The first-order chi connectivity index (χ1) is 17.4. The number of hydrogen-bond acceptors (Lipinski definition) is 4. The number of benzene rings is 2. The highest BCUT2D eigenvalue weighted by molar-refractivity contribution is 7.80. The van der Waals surface area contributed by atoms with Crippen molar-refractivity contribution in [3.8, 4) is 17.2 Å². The zero-order valence-electron chi connectivity index (χ0n) is 20.5. The zero-order valence-corrected chi connectivity index (χ0v) is 22.1. The Kier molecular flexibility index (Phi) is 6.60. The molecule has 0 spiro atoms. The van der Waals surface area contributed by atoms with Crippen LogP contribution in [0.5, 0.6) is 11.5 Å². The van der Waals surface area contributed by atoms with Crippen molar-refractivity contribution in [2.75, 3.05) is 19.1 Å². The number of rotatable bonds is 6. The molecule has 1 aliphatic rings. The molecule has 6 nitrogen and oxygen atoms in total. The maximum absolute atomic E-state index is 6.34. The van der Waals surface area contributed by atoms with E-state index in [4.69, 9.17) is 33.3 Å². The molecular formula is C28H27ClN4O2S. The van der Waals surface area contributed by atoms with Gasteiger partial charge in [0, 0.05) is 34.4 Å². The van der Waals surface area contributed by atoms with Gasteiger partial charge in [0.25, 0.3) is 0 Å². The Balaban J connectivity index is 1.72. The highest BCUT2D eigenvalue weighted by Crippen LogP contribution is 2.47. The lowest BCUT2D eigenvalue weighted by Crippen LogP contribution is -2.30. The summed E-state index contributed by atoms with van der Waals surface area (Å²) in [5, 5.41) is 4.82. The molecule has 0 saturated carbocycles. The highest BCUT2D eigenvalue weighted by atomic mass is 35.5. The summed E-state index contributed by atoms with van der Waals surface area (Å²) in [4.78, 5) is 6.79. The first-order valence-electron chi connectivity index (χ1n) is 11.6. The molecule has 184 valence electrons. The summed E-state index contributed by atoms with van der Waals surface area (Å²) in [6, 6.07) is 21.4. The standard InChI is InChI=1S/C28H27ClN4O2S/c1-17-14-22(18(2)32(17)20-9-7-8-19(29)15-20)27-26(23-10-5-6-13-30-23)31-28(36)33(27)24-16-21(34-3)11-12-25(24)35-4/h5-16,26-27H,1-4H3,(H,31,36). The van der Waals surface area contributed by atoms with Crippen molar-refractivity contribution in [2.24, 2.45) is 0 Å². The van der Waals surface area contributed by atoms with Gasteiger partial charge in [0.15, 0.2) is 5.11 Å². The summed E-state index contributed by atoms with van der Waals surface area (Å²) >= 11 is 12.3. The smallest absolute Gasteiger partial charge is 0.174 e. The van der Waals surface area contributed by atoms with Crippen LogP contribution in [0.25, 0.3) is 5.69 Å². The SMILES string of the molecule is COc1ccc(OC)c(N2C(=S)NC(c3ccccn3)C2c2cc(C)n(-c3cccc(Cl)c3)c2C)c1. The Bertz CT molecular complexity index is 1420. The van der Waals surface area contributed by atoms with E-state index in [0.29, 0.717) is 15.9 Å². The molecule has 4 aromatic rings. The number of thiocarbonyl (C=S) groups is 1. The van der Waals surface area contributed by atoms with Crippen molar-refractivity contribution in [3.63, 3.8) is 0 Å². The largest absolute Gasteiger partial charge is 0.497 e. The van der Waals surface area contributed by atoms with Gasteiger partial charge in [0.2, 0.25) is 0 Å². The van der Waals surface area contributed by atoms with Gasteiger partial charge in [0.05, 0.1) is 37.7 Å². The van der Waals surface area contributed by atoms with Crippen LogP contribution < -0.4 is 19.7 Å². The van der Waals surface area contributed by atoms with E-state index in [-0.39, 0.29) is 12.1 Å². The molecule has 0 aliphatic carbocycles. The molecule has 1 fully saturated rings. The van der Waals surface area contributed by atoms with Crippen LogP contribution in [0.2, 0.25) is 5.02 Å². The molecule has 3 heterocycles. The third kappa shape index (κ3) is 4.18. The molecule has 0 bridgehead atoms. The number of halogens is 1. The Hall–Kier alpha value is -3.55. The Morgan fingerprint density at radius 2 is 1.81 bits per heavy atom. The molecule has 36 heavy (non-hydrogen) atoms. The molecule has 0 amide bonds. The van der Waals surface area contributed by atoms with Crippen LogP contribution in [0.15, 0.2) is 72.9 Å². The molecule has 1 aliphatic heterocycles. The van der Waals surface area contributed by atoms with Crippen molar-refractivity contribution < 1.29 is 9.47 Å². The summed E-state index contributed by atoms with van der Waals surface area (Å²) in [6.07, 6.45) is 1.81. The Morgan fingerprint density at radius 1 is 0.972 bits per heavy atom. The minimum Gasteiger partial charge on any atom is -0.497 e. The van der Waals surface area contributed by atoms with Crippen LogP contribution in [-0.2, 0) is 0 Å². The van der Waals surface area contributed by atoms with Gasteiger partial charge in [-0.1, -0.05) is 23.7 Å². The summed E-state index contributed by atoms with van der Waals surface area (Å²) in [5.74, 6) is 1.42. The Labute approximate surface area is 221 Å². The van der Waals surface area contributed by atoms with Crippen LogP contribution in [0, 0.1) is 13.8 Å². The van der Waals surface area contributed by atoms with E-state index >= 15 is 0 Å². The van der Waals surface area contributed by atoms with Gasteiger partial charge in [0.1, 0.15) is 11.5 Å². The van der Waals surface area contributed by atoms with Crippen molar-refractivity contribution in [3.05, 3.63) is 101 Å². The average Bonchev–Trinajstić information content (AvgIpc) is 3.38. The van der Waals surface area contributed by atoms with Gasteiger partial charge in [-0.3, -0.25) is 4.98 Å². The number of nitrogens with one attached hydrogen (secondary N) is 1. The van der Waals surface area contributed by atoms with Gasteiger partial charge in [-0.25, -0.2) is 0 Å². The van der Waals surface area contributed by atoms with Crippen LogP contribution in [0.4, 0.5) is 5.69 Å². The first-order valence-corrected chi connectivity index (χ1v) is 12.4. The fourth-order valence-corrected chi connectivity index (χ4v) is 5.54. The van der Waals surface area contributed by atoms with E-state index in [0.717, 1.165) is 39.8 Å². The number of methoxy groups -OCH3 is 2. The van der Waals surface area contributed by atoms with E-state index in [2.05, 4.69) is 45.7 Å². The number of aryl methyl sites for hydroxylation is 1. The van der Waals surface area contributed by atoms with Gasteiger partial charge < -0.3 is 24.3 Å². The summed E-state index contributed by atoms with van der Waals surface area (Å²) in [5.41, 5.74) is 6.06. The lowest BCUT2D eigenvalue weighted by molar-refractivity contribution is 0.403. The predicted octanol–water partition coefficient (Wildman–Crippen LogP) is 6.34. The number of pyridine rings is 1. The summed E-state index contributed by atoms with van der Waals surface area (Å²) in [7, 11) is 3.31. The molecule has 2 atom stereocenters. The molecule has 2 aromatic carbocycles. The van der Waals surface area contributed by atoms with Gasteiger partial charge in [-0.15, -0.1) is 0 Å². The highest BCUT2D eigenvalue weighted by Gasteiger charge is 2.43. The predicted molar refractivity (Wildman–Crippen MR) is 148 cm³/mol. The van der Waals surface area contributed by atoms with Crippen LogP contribution in [0.3, 0.4) is 0 Å². The quantitative estimate of drug-likeness (QED) is 0.301. The second-order valence-corrected chi connectivity index (χ2v) is 9.50. The number of hydrogen-bond donors (Lipinski definition) is 1. The normalized spacial score (nSPS) is 17.2. The maximum Gasteiger partial charge on any atom is 0.174 e. The van der Waals surface area contributed by atoms with E-state index in [1.54, 1.807) is 20.4 Å². The van der Waals surface area contributed by atoms with Crippen LogP contribution in [0.1, 0.15) is 34.7 Å². The minimum atomic E-state index is -0.187. The molecule has 1 saturated heterocycles. The average molecular weight is 519 g/mol. The van der Waals surface area contributed by atoms with Gasteiger partial charge in [-0.2, -0.15) is 0 Å². The second-order valence-electron chi connectivity index (χ2n) is 8.68. The van der Waals surface area contributed by atoms with E-state index in [9.17, 15) is 0 Å². The monoisotopic (exact) mass is 518 g/mol. The number of anilines is 1. The molecule has 5 rings (SSSR count). The number of ether oxygens (including phenoxy) is 2. The minimum absolute atomic E-state index is 0.178. The third-order valence-corrected chi connectivity index (χ3v) is 7.15. The fourth-order valence-electron chi connectivity index (χ4n) is 5.02. The number of aromatic nitrogens is 2. The summed E-state index contributed by atoms with van der Waals surface area (Å²) < 4.78 is 13.5. The van der Waals surface area contributed by atoms with E-state index in [1.165, 1.54) is 0 Å². The molecule has 1 N–H and O–H groups in total. The molecule has 2 unspecified atom stereocenters. The van der Waals surface area contributed by atoms with Crippen molar-refractivity contribution in [1.82, 2.24) is 14.9 Å². The number of nitrogens with zero attached hydrogens (tertiary/aromatic N) is 3. The third-order valence-electron chi connectivity index (χ3n) is 6.60. The van der Waals surface area contributed by atoms with E-state index in [1.807, 2.05) is 54.6 Å². The molecular weight excluding hydrogens is 492 g/mol. The Morgan fingerprint density at radius 3 is 2.50 bits per heavy atom. The van der Waals surface area contributed by atoms with Crippen LogP contribution in [-0.4, -0.2) is 28.9 Å². The topological polar surface area (TPSA) is 51.6 Å². The van der Waals surface area contributed by atoms with Crippen molar-refractivity contribution in [1.29, 1.82) is 0 Å². The molecule has 2 aromatic heterocycles. The maximum atomic E-state index is 6.34. The lowest BCUT2D eigenvalue weighted by Gasteiger charge is -2.29. The van der Waals surface area contributed by atoms with Crippen molar-refractivity contribution >= 4 is 34.6 Å². The zero-order chi connectivity index (χ0) is 25.4. The fraction of sp³-hybridized carbons (Fsp3) is 0.214. The molecule has 0 radical (unpaired) electrons. The van der Waals surface area contributed by atoms with Gasteiger partial charge in [-0.05, 0) is 80.2 Å². The van der Waals surface area contributed by atoms with Crippen molar-refractivity contribution in [2.45, 2.75) is 25.9 Å². The summed E-state index contributed by atoms with van der Waals surface area (Å²) in [6.45, 7) is 4.23. The van der Waals surface area contributed by atoms with Crippen LogP contribution >= 0.6 is 23.8 Å². The van der Waals surface area contributed by atoms with E-state index < -0.39 is 0 Å². The van der Waals surface area contributed by atoms with Gasteiger partial charge >= 0.3 is 0 Å². The lowest BCUT2D eigenvalue weighted by atomic mass is 9.96.